The third-order valence-corrected chi connectivity index (χ3v) is 6.81. The van der Waals surface area contributed by atoms with Gasteiger partial charge in [-0.2, -0.15) is 0 Å². The highest BCUT2D eigenvalue weighted by atomic mass is 35.5. The second kappa shape index (κ2) is 6.53. The lowest BCUT2D eigenvalue weighted by Crippen LogP contribution is -2.63. The maximum Gasteiger partial charge on any atom is 0.206 e. The van der Waals surface area contributed by atoms with Crippen LogP contribution in [0, 0.1) is 19.8 Å². The van der Waals surface area contributed by atoms with Crippen LogP contribution in [0.3, 0.4) is 0 Å². The van der Waals surface area contributed by atoms with Crippen LogP contribution in [0.1, 0.15) is 34.0 Å². The number of aliphatic hydroxyl groups excluding tert-OH is 1. The number of aryl methyl sites for hydroxylation is 2. The molecule has 0 aliphatic heterocycles. The van der Waals surface area contributed by atoms with E-state index in [1.54, 1.807) is 13.8 Å². The monoisotopic (exact) mass is 445 g/mol. The van der Waals surface area contributed by atoms with Crippen molar-refractivity contribution in [1.29, 1.82) is 0 Å². The average Bonchev–Trinajstić information content (AvgIpc) is 2.68. The van der Waals surface area contributed by atoms with Gasteiger partial charge in [0.2, 0.25) is 5.78 Å². The van der Waals surface area contributed by atoms with E-state index in [2.05, 4.69) is 0 Å². The molecule has 0 bridgehead atoms. The molecule has 31 heavy (non-hydrogen) atoms. The summed E-state index contributed by atoms with van der Waals surface area (Å²) >= 11 is 6.36. The second-order valence-corrected chi connectivity index (χ2v) is 8.58. The van der Waals surface area contributed by atoms with Gasteiger partial charge in [-0.3, -0.25) is 14.4 Å². The minimum Gasteiger partial charge on any atom is -0.508 e. The highest BCUT2D eigenvalue weighted by Crippen LogP contribution is 2.51. The van der Waals surface area contributed by atoms with Crippen LogP contribution in [-0.2, 0) is 16.0 Å². The van der Waals surface area contributed by atoms with Crippen LogP contribution in [0.2, 0.25) is 5.02 Å². The lowest BCUT2D eigenvalue weighted by atomic mass is 9.61. The number of rotatable bonds is 1. The van der Waals surface area contributed by atoms with E-state index in [0.29, 0.717) is 16.5 Å². The molecule has 0 fully saturated rings. The van der Waals surface area contributed by atoms with Gasteiger partial charge in [-0.15, -0.1) is 0 Å². The highest BCUT2D eigenvalue weighted by molar-refractivity contribution is 6.37. The highest BCUT2D eigenvalue weighted by Gasteiger charge is 2.61. The molecule has 162 valence electrons. The molecule has 2 aromatic rings. The summed E-state index contributed by atoms with van der Waals surface area (Å²) in [6.07, 6.45) is -0.153. The Labute approximate surface area is 181 Å². The molecule has 2 aliphatic carbocycles. The van der Waals surface area contributed by atoms with Crippen molar-refractivity contribution in [2.45, 2.75) is 38.8 Å². The SMILES string of the molecule is CC(=O)C1=C(O)[C@@]2(O)C(=O)c3c(c(C)c4c(Cl)cc(C)c(O)c4c3O)CC2[C@@H](N)C1=O. The Balaban J connectivity index is 2.14. The predicted octanol–water partition coefficient (Wildman–Crippen LogP) is 1.92. The van der Waals surface area contributed by atoms with E-state index in [9.17, 15) is 34.8 Å². The molecule has 0 aromatic heterocycles. The molecule has 0 saturated heterocycles. The first-order chi connectivity index (χ1) is 14.3. The number of phenols is 2. The van der Waals surface area contributed by atoms with Crippen molar-refractivity contribution in [3.05, 3.63) is 44.7 Å². The molecule has 0 saturated carbocycles. The summed E-state index contributed by atoms with van der Waals surface area (Å²) in [6, 6.07) is 0.0823. The van der Waals surface area contributed by atoms with Crippen molar-refractivity contribution in [2.75, 3.05) is 0 Å². The van der Waals surface area contributed by atoms with Crippen LogP contribution >= 0.6 is 11.6 Å². The number of hydrogen-bond acceptors (Lipinski definition) is 8. The summed E-state index contributed by atoms with van der Waals surface area (Å²) < 4.78 is 0. The third-order valence-electron chi connectivity index (χ3n) is 6.51. The van der Waals surface area contributed by atoms with Gasteiger partial charge in [0.1, 0.15) is 22.8 Å². The molecule has 0 spiro atoms. The van der Waals surface area contributed by atoms with Crippen LogP contribution < -0.4 is 5.73 Å². The standard InChI is InChI=1S/C22H20ClNO7/c1-6-4-11(23)12-7(2)9-5-10-16(24)19(28)13(8(3)25)20(29)22(10,31)21(30)14(9)18(27)15(12)17(6)26/h4,10,16,26-27,29,31H,5,24H2,1-3H3/t10?,16-,22-/m1/s1. The average molecular weight is 446 g/mol. The van der Waals surface area contributed by atoms with Gasteiger partial charge in [0, 0.05) is 16.3 Å². The number of Topliss-reactive ketones (excluding diaryl/α,β-unsaturated/α-hetero) is 3. The first kappa shape index (κ1) is 21.3. The van der Waals surface area contributed by atoms with E-state index >= 15 is 0 Å². The first-order valence-electron chi connectivity index (χ1n) is 9.53. The summed E-state index contributed by atoms with van der Waals surface area (Å²) in [5.74, 6) is -6.07. The molecule has 9 heteroatoms. The summed E-state index contributed by atoms with van der Waals surface area (Å²) in [6.45, 7) is 4.21. The Morgan fingerprint density at radius 2 is 1.77 bits per heavy atom. The number of halogens is 1. The van der Waals surface area contributed by atoms with Gasteiger partial charge in [0.05, 0.1) is 17.0 Å². The summed E-state index contributed by atoms with van der Waals surface area (Å²) in [5, 5.41) is 44.0. The van der Waals surface area contributed by atoms with Crippen LogP contribution in [0.15, 0.2) is 17.4 Å². The maximum atomic E-state index is 13.5. The second-order valence-electron chi connectivity index (χ2n) is 8.18. The lowest BCUT2D eigenvalue weighted by Gasteiger charge is -2.45. The quantitative estimate of drug-likeness (QED) is 0.416. The smallest absolute Gasteiger partial charge is 0.206 e. The van der Waals surface area contributed by atoms with Gasteiger partial charge in [-0.1, -0.05) is 11.6 Å². The number of carbonyl (C=O) groups is 3. The van der Waals surface area contributed by atoms with Crippen molar-refractivity contribution >= 4 is 39.7 Å². The number of aromatic hydroxyl groups is 2. The van der Waals surface area contributed by atoms with Crippen molar-refractivity contribution in [2.24, 2.45) is 11.7 Å². The molecule has 2 aromatic carbocycles. The number of ketones is 3. The molecular formula is C22H20ClNO7. The van der Waals surface area contributed by atoms with E-state index in [-0.39, 0.29) is 33.7 Å². The van der Waals surface area contributed by atoms with Crippen LogP contribution in [0.5, 0.6) is 11.5 Å². The van der Waals surface area contributed by atoms with E-state index in [1.165, 1.54) is 6.07 Å². The van der Waals surface area contributed by atoms with Gasteiger partial charge in [-0.05, 0) is 49.9 Å². The topological polar surface area (TPSA) is 158 Å². The molecule has 4 rings (SSSR count). The molecule has 0 amide bonds. The normalized spacial score (nSPS) is 25.6. The minimum atomic E-state index is -2.68. The largest absolute Gasteiger partial charge is 0.508 e. The third kappa shape index (κ3) is 2.46. The zero-order chi connectivity index (χ0) is 23.2. The minimum absolute atomic E-state index is 0.0666. The molecule has 3 atom stereocenters. The fourth-order valence-electron chi connectivity index (χ4n) is 4.86. The lowest BCUT2D eigenvalue weighted by molar-refractivity contribution is -0.127. The van der Waals surface area contributed by atoms with Crippen LogP contribution in [0.4, 0.5) is 0 Å². The summed E-state index contributed by atoms with van der Waals surface area (Å²) in [4.78, 5) is 38.0. The van der Waals surface area contributed by atoms with Crippen molar-refractivity contribution in [1.82, 2.24) is 0 Å². The molecule has 8 nitrogen and oxygen atoms in total. The van der Waals surface area contributed by atoms with Gasteiger partial charge in [-0.25, -0.2) is 0 Å². The van der Waals surface area contributed by atoms with Gasteiger partial charge >= 0.3 is 0 Å². The van der Waals surface area contributed by atoms with E-state index in [1.807, 2.05) is 0 Å². The van der Waals surface area contributed by atoms with Crippen molar-refractivity contribution < 1.29 is 34.8 Å². The van der Waals surface area contributed by atoms with Crippen molar-refractivity contribution in [3.8, 4) is 11.5 Å². The summed E-state index contributed by atoms with van der Waals surface area (Å²) in [5.41, 5.74) is 3.39. The summed E-state index contributed by atoms with van der Waals surface area (Å²) in [7, 11) is 0. The number of phenolic OH excluding ortho intramolecular Hbond substituents is 2. The molecule has 0 radical (unpaired) electrons. The van der Waals surface area contributed by atoms with Crippen LogP contribution in [0.25, 0.3) is 10.8 Å². The Morgan fingerprint density at radius 1 is 1.16 bits per heavy atom. The van der Waals surface area contributed by atoms with E-state index in [0.717, 1.165) is 6.92 Å². The number of nitrogens with two attached hydrogens (primary N) is 1. The fourth-order valence-corrected chi connectivity index (χ4v) is 5.26. The number of hydrogen-bond donors (Lipinski definition) is 5. The van der Waals surface area contributed by atoms with Crippen molar-refractivity contribution in [3.63, 3.8) is 0 Å². The first-order valence-corrected chi connectivity index (χ1v) is 9.91. The zero-order valence-corrected chi connectivity index (χ0v) is 17.7. The molecule has 6 N–H and O–H groups in total. The van der Waals surface area contributed by atoms with Crippen LogP contribution in [-0.4, -0.2) is 49.4 Å². The molecule has 1 unspecified atom stereocenters. The molecule has 0 heterocycles. The molecule has 2 aliphatic rings. The Hall–Kier alpha value is -2.94. The number of fused-ring (bicyclic) bond motifs is 3. The zero-order valence-electron chi connectivity index (χ0n) is 16.9. The molecular weight excluding hydrogens is 426 g/mol. The number of aliphatic hydroxyl groups is 2. The number of carbonyl (C=O) groups excluding carboxylic acids is 3. The Morgan fingerprint density at radius 3 is 2.35 bits per heavy atom. The van der Waals surface area contributed by atoms with Gasteiger partial charge in [0.15, 0.2) is 17.2 Å². The maximum absolute atomic E-state index is 13.5. The van der Waals surface area contributed by atoms with E-state index < -0.39 is 52.0 Å². The predicted molar refractivity (Wildman–Crippen MR) is 112 cm³/mol. The number of benzene rings is 2. The Kier molecular flexibility index (Phi) is 4.48. The Bertz CT molecular complexity index is 1280. The van der Waals surface area contributed by atoms with Gasteiger partial charge < -0.3 is 26.2 Å². The fraction of sp³-hybridized carbons (Fsp3) is 0.318. The van der Waals surface area contributed by atoms with E-state index in [4.69, 9.17) is 17.3 Å². The van der Waals surface area contributed by atoms with Gasteiger partial charge in [0.25, 0.3) is 0 Å².